The minimum atomic E-state index is -0.456. The Bertz CT molecular complexity index is 1970. The first-order chi connectivity index (χ1) is 27.3. The van der Waals surface area contributed by atoms with Crippen LogP contribution in [0.15, 0.2) is 104 Å². The van der Waals surface area contributed by atoms with Crippen molar-refractivity contribution in [3.05, 3.63) is 107 Å². The Morgan fingerprint density at radius 3 is 0.982 bits per heavy atom. The second-order valence-electron chi connectivity index (χ2n) is 17.9. The van der Waals surface area contributed by atoms with Crippen LogP contribution in [0.25, 0.3) is 0 Å². The van der Waals surface area contributed by atoms with Crippen LogP contribution in [-0.4, -0.2) is 53.0 Å². The minimum Gasteiger partial charge on any atom is -0.472 e. The Labute approximate surface area is 330 Å². The number of ether oxygens (including phenoxy) is 6. The minimum absolute atomic E-state index is 0.214. The summed E-state index contributed by atoms with van der Waals surface area (Å²) in [6, 6.07) is 5.60. The molecule has 12 heteroatoms. The van der Waals surface area contributed by atoms with Crippen LogP contribution in [0, 0.1) is 16.2 Å². The third-order valence-corrected chi connectivity index (χ3v) is 15.1. The number of rotatable bonds is 3. The summed E-state index contributed by atoms with van der Waals surface area (Å²) in [6.07, 6.45) is 20.1. The van der Waals surface area contributed by atoms with E-state index in [1.165, 1.54) is 0 Å². The monoisotopic (exact) mass is 780 g/mol. The topological polar surface area (TPSA) is 156 Å². The van der Waals surface area contributed by atoms with E-state index in [0.717, 1.165) is 71.9 Å². The van der Waals surface area contributed by atoms with E-state index < -0.39 is 35.1 Å². The number of allylic oxidation sites excluding steroid dienone is 3. The molecule has 3 spiro atoms. The maximum absolute atomic E-state index is 12.1. The average Bonchev–Trinajstić information content (AvgIpc) is 4.09. The number of hydrogen-bond acceptors (Lipinski definition) is 12. The van der Waals surface area contributed by atoms with Crippen LogP contribution in [0.3, 0.4) is 0 Å². The largest absolute Gasteiger partial charge is 0.472 e. The Kier molecular flexibility index (Phi) is 7.84. The van der Waals surface area contributed by atoms with Gasteiger partial charge in [-0.05, 0) is 94.2 Å². The van der Waals surface area contributed by atoms with Gasteiger partial charge >= 0.3 is 17.9 Å². The molecule has 57 heavy (non-hydrogen) atoms. The lowest BCUT2D eigenvalue weighted by atomic mass is 9.60. The zero-order valence-electron chi connectivity index (χ0n) is 33.0. The molecule has 0 saturated carbocycles. The molecular formula is C45H48O12. The van der Waals surface area contributed by atoms with Crippen molar-refractivity contribution in [2.45, 2.75) is 133 Å². The highest BCUT2D eigenvalue weighted by atomic mass is 16.7. The molecule has 0 N–H and O–H groups in total. The van der Waals surface area contributed by atoms with Crippen LogP contribution < -0.4 is 0 Å². The first kappa shape index (κ1) is 36.7. The fraction of sp³-hybridized carbons (Fsp3) is 0.533. The standard InChI is InChI=1S/3C15H16O4/c3*1-9-4-3-6-14(2)11(10-5-7-17-8-10)18-13(16)12-15(9,14)19-12/h3*4-5,7-8,11-12H,3,6H2,1-2H3/t3*11-,12+,14-,15+/m000/s1. The van der Waals surface area contributed by atoms with E-state index in [1.54, 1.807) is 37.6 Å². The molecule has 6 saturated heterocycles. The number of cyclic esters (lactones) is 3. The lowest BCUT2D eigenvalue weighted by molar-refractivity contribution is -0.166. The van der Waals surface area contributed by atoms with Crippen molar-refractivity contribution in [1.82, 2.24) is 0 Å². The highest BCUT2D eigenvalue weighted by molar-refractivity contribution is 5.85. The number of furan rings is 3. The van der Waals surface area contributed by atoms with Crippen molar-refractivity contribution >= 4 is 17.9 Å². The Morgan fingerprint density at radius 2 is 0.737 bits per heavy atom. The van der Waals surface area contributed by atoms with Gasteiger partial charge < -0.3 is 41.7 Å². The quantitative estimate of drug-likeness (QED) is 0.109. The fourth-order valence-corrected chi connectivity index (χ4v) is 11.9. The second kappa shape index (κ2) is 12.2. The van der Waals surface area contributed by atoms with E-state index in [4.69, 9.17) is 41.7 Å². The highest BCUT2D eigenvalue weighted by Crippen LogP contribution is 2.70. The Hall–Kier alpha value is -4.65. The maximum Gasteiger partial charge on any atom is 0.339 e. The van der Waals surface area contributed by atoms with Crippen molar-refractivity contribution in [1.29, 1.82) is 0 Å². The molecule has 3 aromatic rings. The van der Waals surface area contributed by atoms with E-state index in [9.17, 15) is 14.4 Å². The molecule has 0 unspecified atom stereocenters. The van der Waals surface area contributed by atoms with Gasteiger partial charge in [0.2, 0.25) is 0 Å². The van der Waals surface area contributed by atoms with Gasteiger partial charge in [-0.15, -0.1) is 0 Å². The lowest BCUT2D eigenvalue weighted by Crippen LogP contribution is -2.51. The van der Waals surface area contributed by atoms with Gasteiger partial charge in [0.1, 0.15) is 35.1 Å². The summed E-state index contributed by atoms with van der Waals surface area (Å²) in [5.41, 5.74) is 4.23. The van der Waals surface area contributed by atoms with Gasteiger partial charge in [0.05, 0.1) is 37.6 Å². The normalized spacial score (nSPS) is 43.9. The molecular weight excluding hydrogens is 732 g/mol. The summed E-state index contributed by atoms with van der Waals surface area (Å²) in [7, 11) is 0. The van der Waals surface area contributed by atoms with Gasteiger partial charge in [-0.25, -0.2) is 14.4 Å². The first-order valence-electron chi connectivity index (χ1n) is 20.0. The Morgan fingerprint density at radius 1 is 0.456 bits per heavy atom. The Balaban J connectivity index is 0.000000104. The smallest absolute Gasteiger partial charge is 0.339 e. The van der Waals surface area contributed by atoms with Gasteiger partial charge in [0, 0.05) is 32.9 Å². The van der Waals surface area contributed by atoms with Crippen LogP contribution in [0.2, 0.25) is 0 Å². The molecule has 12 rings (SSSR count). The molecule has 6 aliphatic heterocycles. The highest BCUT2D eigenvalue weighted by Gasteiger charge is 2.80. The number of carbonyl (C=O) groups excluding carboxylic acids is 3. The van der Waals surface area contributed by atoms with Crippen LogP contribution in [0.1, 0.15) is 115 Å². The molecule has 0 aromatic carbocycles. The molecule has 0 radical (unpaired) electrons. The number of esters is 3. The summed E-state index contributed by atoms with van der Waals surface area (Å²) < 4.78 is 50.0. The van der Waals surface area contributed by atoms with Crippen LogP contribution in [-0.2, 0) is 42.8 Å². The zero-order chi connectivity index (χ0) is 39.8. The van der Waals surface area contributed by atoms with E-state index in [0.29, 0.717) is 0 Å². The SMILES string of the molecule is CC1=CCC[C@@]2(C)[C@H](c3ccoc3)OC(=O)[C@H]3O[C@]132.CC1=CCC[C@@]2(C)[C@H](c3ccoc3)OC(=O)[C@H]3O[C@]132.CC1=CCC[C@@]2(C)[C@H](c3ccoc3)OC(=O)[C@H]3O[C@]132. The number of hydrogen-bond donors (Lipinski definition) is 0. The second-order valence-corrected chi connectivity index (χ2v) is 17.9. The average molecular weight is 781 g/mol. The summed E-state index contributed by atoms with van der Waals surface area (Å²) >= 11 is 0. The van der Waals surface area contributed by atoms with Gasteiger partial charge in [0.25, 0.3) is 0 Å². The number of epoxide rings is 3. The molecule has 3 aromatic heterocycles. The fourth-order valence-electron chi connectivity index (χ4n) is 11.9. The third kappa shape index (κ3) is 4.69. The molecule has 300 valence electrons. The first-order valence-corrected chi connectivity index (χ1v) is 20.0. The van der Waals surface area contributed by atoms with Gasteiger partial charge in [-0.3, -0.25) is 0 Å². The summed E-state index contributed by atoms with van der Waals surface area (Å²) in [5.74, 6) is -0.755. The van der Waals surface area contributed by atoms with E-state index in [2.05, 4.69) is 59.8 Å². The van der Waals surface area contributed by atoms with Crippen LogP contribution in [0.5, 0.6) is 0 Å². The van der Waals surface area contributed by atoms with Gasteiger partial charge in [-0.1, -0.05) is 39.0 Å². The molecule has 9 aliphatic rings. The molecule has 12 nitrogen and oxygen atoms in total. The van der Waals surface area contributed by atoms with Crippen molar-refractivity contribution in [3.63, 3.8) is 0 Å². The molecule has 9 heterocycles. The summed E-state index contributed by atoms with van der Waals surface area (Å²) in [6.45, 7) is 12.7. The molecule has 0 bridgehead atoms. The summed E-state index contributed by atoms with van der Waals surface area (Å²) in [4.78, 5) is 36.2. The third-order valence-electron chi connectivity index (χ3n) is 15.1. The van der Waals surface area contributed by atoms with Gasteiger partial charge in [-0.2, -0.15) is 0 Å². The summed E-state index contributed by atoms with van der Waals surface area (Å²) in [5, 5.41) is 0. The molecule has 3 aliphatic carbocycles. The van der Waals surface area contributed by atoms with Crippen molar-refractivity contribution in [2.24, 2.45) is 16.2 Å². The lowest BCUT2D eigenvalue weighted by Gasteiger charge is -2.46. The van der Waals surface area contributed by atoms with Crippen LogP contribution in [0.4, 0.5) is 0 Å². The maximum atomic E-state index is 12.1. The van der Waals surface area contributed by atoms with E-state index in [-0.39, 0.29) is 52.5 Å². The molecule has 12 atom stereocenters. The van der Waals surface area contributed by atoms with Crippen LogP contribution >= 0.6 is 0 Å². The van der Waals surface area contributed by atoms with Crippen molar-refractivity contribution in [2.75, 3.05) is 0 Å². The van der Waals surface area contributed by atoms with Crippen molar-refractivity contribution < 1.29 is 56.1 Å². The molecule has 0 amide bonds. The molecule has 6 fully saturated rings. The van der Waals surface area contributed by atoms with Crippen molar-refractivity contribution in [3.8, 4) is 0 Å². The predicted octanol–water partition coefficient (Wildman–Crippen LogP) is 8.28. The zero-order valence-corrected chi connectivity index (χ0v) is 33.0. The predicted molar refractivity (Wildman–Crippen MR) is 199 cm³/mol. The van der Waals surface area contributed by atoms with E-state index in [1.807, 2.05) is 18.2 Å². The van der Waals surface area contributed by atoms with Gasteiger partial charge in [0.15, 0.2) is 18.3 Å². The van der Waals surface area contributed by atoms with E-state index >= 15 is 0 Å². The number of carbonyl (C=O) groups is 3.